The highest BCUT2D eigenvalue weighted by Gasteiger charge is 2.54. The smallest absolute Gasteiger partial charge is 0.264 e. The molecule has 0 aliphatic heterocycles. The second-order valence-electron chi connectivity index (χ2n) is 6.83. The molecule has 2 bridgehead atoms. The molecule has 0 radical (unpaired) electrons. The van der Waals surface area contributed by atoms with Gasteiger partial charge in [0.1, 0.15) is 0 Å². The Labute approximate surface area is 111 Å². The highest BCUT2D eigenvalue weighted by molar-refractivity contribution is 5.17. The lowest BCUT2D eigenvalue weighted by atomic mass is 9.54. The largest absolute Gasteiger partial charge is 0.396 e. The Morgan fingerprint density at radius 2 is 1.68 bits per heavy atom. The Balaban J connectivity index is 1.61. The number of halogens is 1. The van der Waals surface area contributed by atoms with E-state index in [1.807, 2.05) is 0 Å². The third kappa shape index (κ3) is 1.60. The summed E-state index contributed by atoms with van der Waals surface area (Å²) in [5, 5.41) is 13.6. The lowest BCUT2D eigenvalue weighted by Crippen LogP contribution is -2.46. The molecule has 0 amide bonds. The van der Waals surface area contributed by atoms with Crippen LogP contribution in [0.25, 0.3) is 0 Å². The summed E-state index contributed by atoms with van der Waals surface area (Å²) >= 11 is 0. The highest BCUT2D eigenvalue weighted by Crippen LogP contribution is 2.57. The number of fused-ring (bicyclic) bond motifs is 3. The van der Waals surface area contributed by atoms with Gasteiger partial charge in [-0.05, 0) is 56.8 Å². The van der Waals surface area contributed by atoms with Crippen molar-refractivity contribution in [2.45, 2.75) is 62.5 Å². The second-order valence-corrected chi connectivity index (χ2v) is 6.83. The van der Waals surface area contributed by atoms with Crippen molar-refractivity contribution in [2.75, 3.05) is 6.61 Å². The quantitative estimate of drug-likeness (QED) is 0.913. The zero-order valence-electron chi connectivity index (χ0n) is 11.0. The molecule has 5 rings (SSSR count). The van der Waals surface area contributed by atoms with Crippen molar-refractivity contribution in [2.24, 2.45) is 5.41 Å². The van der Waals surface area contributed by atoms with Crippen LogP contribution < -0.4 is 0 Å². The molecule has 4 saturated carbocycles. The van der Waals surface area contributed by atoms with Crippen molar-refractivity contribution < 1.29 is 14.0 Å². The minimum absolute atomic E-state index is 0.0239. The molecular weight excluding hydrogens is 247 g/mol. The molecule has 5 heteroatoms. The molecule has 19 heavy (non-hydrogen) atoms. The van der Waals surface area contributed by atoms with Gasteiger partial charge in [-0.25, -0.2) is 4.39 Å². The van der Waals surface area contributed by atoms with E-state index in [9.17, 15) is 9.50 Å². The first-order valence-corrected chi connectivity index (χ1v) is 7.24. The summed E-state index contributed by atoms with van der Waals surface area (Å²) in [5.74, 6) is 0.888. The molecule has 1 N–H and O–H groups in total. The van der Waals surface area contributed by atoms with Gasteiger partial charge in [0, 0.05) is 12.0 Å². The molecule has 0 spiro atoms. The van der Waals surface area contributed by atoms with E-state index in [-0.39, 0.29) is 23.3 Å². The van der Waals surface area contributed by atoms with Crippen molar-refractivity contribution >= 4 is 0 Å². The first-order chi connectivity index (χ1) is 9.10. The fourth-order valence-corrected chi connectivity index (χ4v) is 3.78. The molecular formula is C14H19FN2O2. The number of aliphatic hydroxyl groups is 1. The Morgan fingerprint density at radius 3 is 2.21 bits per heavy atom. The van der Waals surface area contributed by atoms with E-state index in [0.29, 0.717) is 18.7 Å². The predicted octanol–water partition coefficient (Wildman–Crippen LogP) is 2.61. The van der Waals surface area contributed by atoms with E-state index in [0.717, 1.165) is 38.5 Å². The fourth-order valence-electron chi connectivity index (χ4n) is 3.78. The average Bonchev–Trinajstić information content (AvgIpc) is 3.03. The van der Waals surface area contributed by atoms with Gasteiger partial charge in [-0.2, -0.15) is 4.98 Å². The molecule has 1 aromatic rings. The van der Waals surface area contributed by atoms with Crippen LogP contribution in [0, 0.1) is 5.41 Å². The molecule has 4 nitrogen and oxygen atoms in total. The number of rotatable bonds is 3. The topological polar surface area (TPSA) is 59.2 Å². The maximum absolute atomic E-state index is 13.9. The number of nitrogens with zero attached hydrogens (tertiary/aromatic N) is 2. The van der Waals surface area contributed by atoms with Gasteiger partial charge in [-0.1, -0.05) is 5.16 Å². The van der Waals surface area contributed by atoms with E-state index in [1.54, 1.807) is 0 Å². The van der Waals surface area contributed by atoms with Gasteiger partial charge in [0.25, 0.3) is 5.89 Å². The van der Waals surface area contributed by atoms with E-state index in [4.69, 9.17) is 4.52 Å². The summed E-state index contributed by atoms with van der Waals surface area (Å²) in [6, 6.07) is 0. The fraction of sp³-hybridized carbons (Fsp3) is 0.857. The van der Waals surface area contributed by atoms with Gasteiger partial charge < -0.3 is 9.63 Å². The third-order valence-electron chi connectivity index (χ3n) is 5.71. The molecule has 4 fully saturated rings. The molecule has 0 atom stereocenters. The summed E-state index contributed by atoms with van der Waals surface area (Å²) < 4.78 is 19.1. The van der Waals surface area contributed by atoms with Gasteiger partial charge in [0.15, 0.2) is 11.5 Å². The Hall–Kier alpha value is -0.970. The summed E-state index contributed by atoms with van der Waals surface area (Å²) in [6.45, 7) is 0.286. The van der Waals surface area contributed by atoms with Crippen LogP contribution in [0.1, 0.15) is 63.1 Å². The molecule has 104 valence electrons. The molecule has 1 aromatic heterocycles. The summed E-state index contributed by atoms with van der Waals surface area (Å²) in [4.78, 5) is 4.37. The van der Waals surface area contributed by atoms with Crippen molar-refractivity contribution in [3.8, 4) is 0 Å². The number of hydrogen-bond donors (Lipinski definition) is 1. The summed E-state index contributed by atoms with van der Waals surface area (Å²) in [6.07, 6.45) is 7.06. The molecule has 0 aromatic carbocycles. The predicted molar refractivity (Wildman–Crippen MR) is 65.2 cm³/mol. The highest BCUT2D eigenvalue weighted by atomic mass is 19.1. The standard InChI is InChI=1S/C14H19FN2O2/c15-14(7-8-14)11-16-10(17-19-11)13-4-1-12(9-18,2-5-13)3-6-13/h18H,1-9H2. The average molecular weight is 266 g/mol. The van der Waals surface area contributed by atoms with E-state index in [1.165, 1.54) is 0 Å². The van der Waals surface area contributed by atoms with Crippen LogP contribution in [-0.2, 0) is 11.1 Å². The minimum atomic E-state index is -1.33. The van der Waals surface area contributed by atoms with Crippen molar-refractivity contribution in [1.29, 1.82) is 0 Å². The summed E-state index contributed by atoms with van der Waals surface area (Å²) in [7, 11) is 0. The van der Waals surface area contributed by atoms with Crippen LogP contribution in [0.15, 0.2) is 4.52 Å². The Kier molecular flexibility index (Phi) is 2.22. The van der Waals surface area contributed by atoms with Crippen LogP contribution in [0.2, 0.25) is 0 Å². The lowest BCUT2D eigenvalue weighted by Gasteiger charge is -2.51. The molecule has 4 aliphatic rings. The van der Waals surface area contributed by atoms with Gasteiger partial charge in [0.2, 0.25) is 0 Å². The van der Waals surface area contributed by atoms with Crippen molar-refractivity contribution in [3.63, 3.8) is 0 Å². The molecule has 0 unspecified atom stereocenters. The van der Waals surface area contributed by atoms with Crippen LogP contribution >= 0.6 is 0 Å². The number of aliphatic hydroxyl groups excluding tert-OH is 1. The van der Waals surface area contributed by atoms with Crippen LogP contribution in [0.5, 0.6) is 0 Å². The zero-order valence-corrected chi connectivity index (χ0v) is 11.0. The van der Waals surface area contributed by atoms with Gasteiger partial charge in [0.05, 0.1) is 0 Å². The minimum Gasteiger partial charge on any atom is -0.396 e. The van der Waals surface area contributed by atoms with Crippen molar-refractivity contribution in [1.82, 2.24) is 10.1 Å². The van der Waals surface area contributed by atoms with Crippen LogP contribution in [0.3, 0.4) is 0 Å². The van der Waals surface area contributed by atoms with E-state index < -0.39 is 5.67 Å². The van der Waals surface area contributed by atoms with Gasteiger partial charge >= 0.3 is 0 Å². The zero-order chi connectivity index (χ0) is 13.1. The number of aromatic nitrogens is 2. The monoisotopic (exact) mass is 266 g/mol. The van der Waals surface area contributed by atoms with Gasteiger partial charge in [-0.3, -0.25) is 0 Å². The number of alkyl halides is 1. The van der Waals surface area contributed by atoms with Gasteiger partial charge in [-0.15, -0.1) is 0 Å². The molecule has 0 saturated heterocycles. The molecule has 1 heterocycles. The lowest BCUT2D eigenvalue weighted by molar-refractivity contribution is -0.0104. The second kappa shape index (κ2) is 3.57. The first-order valence-electron chi connectivity index (χ1n) is 7.24. The molecule has 4 aliphatic carbocycles. The van der Waals surface area contributed by atoms with E-state index in [2.05, 4.69) is 10.1 Å². The van der Waals surface area contributed by atoms with Crippen LogP contribution in [0.4, 0.5) is 4.39 Å². The summed E-state index contributed by atoms with van der Waals surface area (Å²) in [5.41, 5.74) is -1.23. The maximum atomic E-state index is 13.9. The van der Waals surface area contributed by atoms with Crippen molar-refractivity contribution in [3.05, 3.63) is 11.7 Å². The Bertz CT molecular complexity index is 485. The first kappa shape index (κ1) is 11.8. The number of hydrogen-bond acceptors (Lipinski definition) is 4. The Morgan fingerprint density at radius 1 is 1.05 bits per heavy atom. The maximum Gasteiger partial charge on any atom is 0.264 e. The normalized spacial score (nSPS) is 39.5. The van der Waals surface area contributed by atoms with E-state index >= 15 is 0 Å². The SMILES string of the molecule is OCC12CCC(c3noc(C4(F)CC4)n3)(CC1)CC2. The van der Waals surface area contributed by atoms with Crippen LogP contribution in [-0.4, -0.2) is 21.9 Å². The third-order valence-corrected chi connectivity index (χ3v) is 5.71.